The zero-order valence-corrected chi connectivity index (χ0v) is 12.2. The second-order valence-corrected chi connectivity index (χ2v) is 4.84. The Labute approximate surface area is 128 Å². The Balaban J connectivity index is 2.45. The molecule has 112 valence electrons. The summed E-state index contributed by atoms with van der Waals surface area (Å²) in [6.45, 7) is 1.31. The number of amides is 2. The van der Waals surface area contributed by atoms with Crippen molar-refractivity contribution in [2.75, 3.05) is 10.6 Å². The number of benzene rings is 2. The molecule has 2 aromatic carbocycles. The molecule has 0 bridgehead atoms. The molecule has 0 aliphatic carbocycles. The summed E-state index contributed by atoms with van der Waals surface area (Å²) in [5.74, 6) is -1.43. The van der Waals surface area contributed by atoms with Crippen LogP contribution in [0.5, 0.6) is 0 Å². The van der Waals surface area contributed by atoms with Crippen LogP contribution in [0.1, 0.15) is 23.7 Å². The van der Waals surface area contributed by atoms with E-state index in [-0.39, 0.29) is 23.5 Å². The maximum atomic E-state index is 12.7. The van der Waals surface area contributed by atoms with Crippen molar-refractivity contribution < 1.29 is 14.4 Å². The molecule has 2 rings (SSSR count). The molecule has 0 saturated heterocycles. The number of rotatable bonds is 4. The molecule has 0 saturated carbocycles. The van der Waals surface area contributed by atoms with Crippen molar-refractivity contribution in [2.24, 2.45) is 0 Å². The highest BCUT2D eigenvalue weighted by atomic mass is 16.2. The minimum atomic E-state index is -0.577. The Hall–Kier alpha value is -2.95. The fourth-order valence-electron chi connectivity index (χ4n) is 2.06. The normalized spacial score (nSPS) is 10.0. The monoisotopic (exact) mass is 296 g/mol. The molecule has 2 N–H and O–H groups in total. The summed E-state index contributed by atoms with van der Waals surface area (Å²) in [5, 5.41) is 0. The molecule has 0 heterocycles. The van der Waals surface area contributed by atoms with Gasteiger partial charge in [0.05, 0.1) is 17.7 Å². The lowest BCUT2D eigenvalue weighted by atomic mass is 10.1. The quantitative estimate of drug-likeness (QED) is 0.694. The third-order valence-electron chi connectivity index (χ3n) is 3.06. The van der Waals surface area contributed by atoms with Crippen LogP contribution in [-0.4, -0.2) is 17.6 Å². The van der Waals surface area contributed by atoms with Crippen LogP contribution in [0.4, 0.5) is 11.4 Å². The van der Waals surface area contributed by atoms with Crippen molar-refractivity contribution >= 4 is 29.0 Å². The fourth-order valence-corrected chi connectivity index (χ4v) is 2.06. The number of carbonyl (C=O) groups excluding carboxylic acids is 3. The van der Waals surface area contributed by atoms with Gasteiger partial charge >= 0.3 is 0 Å². The van der Waals surface area contributed by atoms with Crippen LogP contribution in [0.15, 0.2) is 54.6 Å². The topological polar surface area (TPSA) is 80.5 Å². The smallest absolute Gasteiger partial charge is 0.267 e. The molecule has 2 amide bonds. The number of nitrogens with zero attached hydrogens (tertiary/aromatic N) is 1. The van der Waals surface area contributed by atoms with Crippen molar-refractivity contribution in [1.82, 2.24) is 0 Å². The number of imide groups is 1. The van der Waals surface area contributed by atoms with Gasteiger partial charge < -0.3 is 5.73 Å². The second kappa shape index (κ2) is 6.67. The van der Waals surface area contributed by atoms with E-state index < -0.39 is 11.8 Å². The van der Waals surface area contributed by atoms with Gasteiger partial charge in [0, 0.05) is 5.69 Å². The largest absolute Gasteiger partial charge is 0.398 e. The van der Waals surface area contributed by atoms with Gasteiger partial charge in [0.1, 0.15) is 5.78 Å². The van der Waals surface area contributed by atoms with Crippen molar-refractivity contribution in [2.45, 2.75) is 13.3 Å². The summed E-state index contributed by atoms with van der Waals surface area (Å²) in [4.78, 5) is 37.3. The standard InChI is InChI=1S/C17H16N2O3/c1-12(20)11-16(21)19(13-7-3-2-4-8-13)17(22)14-9-5-6-10-15(14)18/h2-10H,11,18H2,1H3. The van der Waals surface area contributed by atoms with Gasteiger partial charge in [-0.3, -0.25) is 14.4 Å². The van der Waals surface area contributed by atoms with Crippen molar-refractivity contribution in [3.63, 3.8) is 0 Å². The Morgan fingerprint density at radius 1 is 0.955 bits per heavy atom. The summed E-state index contributed by atoms with van der Waals surface area (Å²) < 4.78 is 0. The van der Waals surface area contributed by atoms with E-state index in [9.17, 15) is 14.4 Å². The van der Waals surface area contributed by atoms with Gasteiger partial charge in [-0.05, 0) is 31.2 Å². The van der Waals surface area contributed by atoms with E-state index in [0.29, 0.717) is 5.69 Å². The summed E-state index contributed by atoms with van der Waals surface area (Å²) in [6, 6.07) is 15.0. The average Bonchev–Trinajstić information content (AvgIpc) is 2.48. The highest BCUT2D eigenvalue weighted by molar-refractivity contribution is 6.24. The van der Waals surface area contributed by atoms with Crippen LogP contribution in [0.25, 0.3) is 0 Å². The van der Waals surface area contributed by atoms with Crippen molar-refractivity contribution in [3.05, 3.63) is 60.2 Å². The molecule has 2 aromatic rings. The molecule has 0 fully saturated rings. The zero-order valence-electron chi connectivity index (χ0n) is 12.2. The molecular weight excluding hydrogens is 280 g/mol. The highest BCUT2D eigenvalue weighted by Gasteiger charge is 2.26. The van der Waals surface area contributed by atoms with Gasteiger partial charge in [-0.2, -0.15) is 0 Å². The Morgan fingerprint density at radius 3 is 2.14 bits per heavy atom. The first-order valence-corrected chi connectivity index (χ1v) is 6.77. The Bertz CT molecular complexity index is 711. The predicted molar refractivity (Wildman–Crippen MR) is 84.4 cm³/mol. The molecule has 0 unspecified atom stereocenters. The molecule has 0 atom stereocenters. The lowest BCUT2D eigenvalue weighted by molar-refractivity contribution is -0.125. The maximum Gasteiger partial charge on any atom is 0.267 e. The minimum absolute atomic E-state index is 0.225. The van der Waals surface area contributed by atoms with E-state index >= 15 is 0 Å². The zero-order chi connectivity index (χ0) is 16.1. The summed E-state index contributed by atoms with van der Waals surface area (Å²) in [5.41, 5.74) is 6.72. The van der Waals surface area contributed by atoms with Gasteiger partial charge in [-0.15, -0.1) is 0 Å². The number of ketones is 1. The lowest BCUT2D eigenvalue weighted by Gasteiger charge is -2.21. The summed E-state index contributed by atoms with van der Waals surface area (Å²) >= 11 is 0. The average molecular weight is 296 g/mol. The molecule has 0 radical (unpaired) electrons. The van der Waals surface area contributed by atoms with E-state index in [0.717, 1.165) is 4.90 Å². The predicted octanol–water partition coefficient (Wildman–Crippen LogP) is 2.42. The van der Waals surface area contributed by atoms with Crippen LogP contribution < -0.4 is 10.6 Å². The molecular formula is C17H16N2O3. The molecule has 0 aromatic heterocycles. The third-order valence-corrected chi connectivity index (χ3v) is 3.06. The Morgan fingerprint density at radius 2 is 1.55 bits per heavy atom. The van der Waals surface area contributed by atoms with Gasteiger partial charge in [0.15, 0.2) is 0 Å². The number of para-hydroxylation sites is 2. The first-order valence-electron chi connectivity index (χ1n) is 6.77. The molecule has 22 heavy (non-hydrogen) atoms. The number of Topliss-reactive ketones (excluding diaryl/α,β-unsaturated/α-hetero) is 1. The number of anilines is 2. The van der Waals surface area contributed by atoms with Gasteiger partial charge in [-0.1, -0.05) is 30.3 Å². The maximum absolute atomic E-state index is 12.7. The van der Waals surface area contributed by atoms with Crippen LogP contribution in [0, 0.1) is 0 Å². The lowest BCUT2D eigenvalue weighted by Crippen LogP contribution is -2.38. The number of hydrogen-bond acceptors (Lipinski definition) is 4. The molecule has 5 heteroatoms. The third kappa shape index (κ3) is 3.38. The van der Waals surface area contributed by atoms with E-state index in [2.05, 4.69) is 0 Å². The van der Waals surface area contributed by atoms with Gasteiger partial charge in [0.2, 0.25) is 5.91 Å². The van der Waals surface area contributed by atoms with Crippen LogP contribution in [-0.2, 0) is 9.59 Å². The van der Waals surface area contributed by atoms with Gasteiger partial charge in [-0.25, -0.2) is 4.90 Å². The van der Waals surface area contributed by atoms with Crippen LogP contribution in [0.3, 0.4) is 0 Å². The number of nitrogens with two attached hydrogens (primary N) is 1. The van der Waals surface area contributed by atoms with Gasteiger partial charge in [0.25, 0.3) is 5.91 Å². The van der Waals surface area contributed by atoms with E-state index in [1.807, 2.05) is 0 Å². The van der Waals surface area contributed by atoms with E-state index in [1.165, 1.54) is 6.92 Å². The van der Waals surface area contributed by atoms with Crippen LogP contribution in [0.2, 0.25) is 0 Å². The number of hydrogen-bond donors (Lipinski definition) is 1. The second-order valence-electron chi connectivity index (χ2n) is 4.84. The molecule has 5 nitrogen and oxygen atoms in total. The first-order chi connectivity index (χ1) is 10.5. The molecule has 0 aliphatic rings. The van der Waals surface area contributed by atoms with Crippen LogP contribution >= 0.6 is 0 Å². The van der Waals surface area contributed by atoms with Crippen molar-refractivity contribution in [3.8, 4) is 0 Å². The summed E-state index contributed by atoms with van der Waals surface area (Å²) in [6.07, 6.45) is -0.340. The number of carbonyl (C=O) groups is 3. The summed E-state index contributed by atoms with van der Waals surface area (Å²) in [7, 11) is 0. The van der Waals surface area contributed by atoms with E-state index in [4.69, 9.17) is 5.73 Å². The first kappa shape index (κ1) is 15.4. The minimum Gasteiger partial charge on any atom is -0.398 e. The number of nitrogen functional groups attached to an aromatic ring is 1. The van der Waals surface area contributed by atoms with Crippen molar-refractivity contribution in [1.29, 1.82) is 0 Å². The highest BCUT2D eigenvalue weighted by Crippen LogP contribution is 2.21. The molecule has 0 aliphatic heterocycles. The van der Waals surface area contributed by atoms with E-state index in [1.54, 1.807) is 54.6 Å². The Kier molecular flexibility index (Phi) is 4.68. The SMILES string of the molecule is CC(=O)CC(=O)N(C(=O)c1ccccc1N)c1ccccc1. The molecule has 0 spiro atoms. The fraction of sp³-hybridized carbons (Fsp3) is 0.118.